The number of furan rings is 1. The highest BCUT2D eigenvalue weighted by Gasteiger charge is 2.25. The van der Waals surface area contributed by atoms with Crippen LogP contribution in [-0.2, 0) is 6.61 Å². The lowest BCUT2D eigenvalue weighted by molar-refractivity contribution is 0.0662. The third-order valence-corrected chi connectivity index (χ3v) is 5.09. The molecule has 28 heavy (non-hydrogen) atoms. The van der Waals surface area contributed by atoms with Crippen molar-refractivity contribution >= 4 is 29.1 Å². The Bertz CT molecular complexity index is 940. The maximum absolute atomic E-state index is 12.7. The first-order chi connectivity index (χ1) is 13.2. The van der Waals surface area contributed by atoms with Crippen LogP contribution in [0, 0.1) is 0 Å². The lowest BCUT2D eigenvalue weighted by Gasteiger charge is -2.31. The van der Waals surface area contributed by atoms with Gasteiger partial charge in [-0.15, -0.1) is 12.4 Å². The van der Waals surface area contributed by atoms with E-state index in [9.17, 15) is 4.79 Å². The molecule has 0 saturated carbocycles. The molecule has 2 aromatic carbocycles. The number of amides is 1. The Morgan fingerprint density at radius 3 is 2.82 bits per heavy atom. The van der Waals surface area contributed by atoms with Gasteiger partial charge in [0.2, 0.25) is 0 Å². The van der Waals surface area contributed by atoms with E-state index < -0.39 is 0 Å². The summed E-state index contributed by atoms with van der Waals surface area (Å²) in [7, 11) is 1.94. The summed E-state index contributed by atoms with van der Waals surface area (Å²) in [5, 5.41) is 5.56. The van der Waals surface area contributed by atoms with Crippen LogP contribution >= 0.6 is 12.4 Å². The predicted molar refractivity (Wildman–Crippen MR) is 112 cm³/mol. The lowest BCUT2D eigenvalue weighted by atomic mass is 10.1. The summed E-state index contributed by atoms with van der Waals surface area (Å²) < 4.78 is 11.6. The number of fused-ring (bicyclic) bond motifs is 1. The molecule has 1 aromatic heterocycles. The van der Waals surface area contributed by atoms with Gasteiger partial charge >= 0.3 is 0 Å². The number of likely N-dealkylation sites (N-methyl/N-ethyl adjacent to an activating group) is 1. The minimum atomic E-state index is -0.0492. The fourth-order valence-electron chi connectivity index (χ4n) is 3.54. The van der Waals surface area contributed by atoms with Gasteiger partial charge in [-0.3, -0.25) is 4.79 Å². The Hall–Kier alpha value is -2.50. The first kappa shape index (κ1) is 20.2. The molecule has 4 rings (SSSR count). The molecule has 0 aliphatic carbocycles. The number of nitrogens with one attached hydrogen (secondary N) is 1. The van der Waals surface area contributed by atoms with Crippen LogP contribution in [-0.4, -0.2) is 37.0 Å². The molecule has 1 aliphatic heterocycles. The van der Waals surface area contributed by atoms with Crippen molar-refractivity contribution in [3.63, 3.8) is 0 Å². The second-order valence-corrected chi connectivity index (χ2v) is 6.94. The minimum Gasteiger partial charge on any atom is -0.486 e. The smallest absolute Gasteiger partial charge is 0.289 e. The third-order valence-electron chi connectivity index (χ3n) is 5.09. The van der Waals surface area contributed by atoms with Crippen LogP contribution in [0.1, 0.15) is 29.2 Å². The zero-order valence-corrected chi connectivity index (χ0v) is 16.7. The predicted octanol–water partition coefficient (Wildman–Crippen LogP) is 4.26. The summed E-state index contributed by atoms with van der Waals surface area (Å²) in [5.41, 5.74) is 0. The van der Waals surface area contributed by atoms with E-state index in [1.807, 2.05) is 48.3 Å². The molecule has 3 aromatic rings. The number of benzene rings is 2. The molecule has 0 spiro atoms. The fraction of sp³-hybridized carbons (Fsp3) is 0.318. The Labute approximate surface area is 171 Å². The van der Waals surface area contributed by atoms with Crippen LogP contribution in [0.25, 0.3) is 10.8 Å². The van der Waals surface area contributed by atoms with Crippen LogP contribution in [0.15, 0.2) is 59.0 Å². The highest BCUT2D eigenvalue weighted by atomic mass is 35.5. The van der Waals surface area contributed by atoms with Crippen molar-refractivity contribution in [1.82, 2.24) is 10.2 Å². The molecule has 148 valence electrons. The van der Waals surface area contributed by atoms with Gasteiger partial charge in [-0.05, 0) is 54.9 Å². The normalized spacial score (nSPS) is 16.6. The van der Waals surface area contributed by atoms with Gasteiger partial charge in [0, 0.05) is 19.1 Å². The van der Waals surface area contributed by atoms with Crippen molar-refractivity contribution in [1.29, 1.82) is 0 Å². The molecular formula is C22H25ClN2O3. The number of nitrogens with zero attached hydrogens (tertiary/aromatic N) is 1. The zero-order valence-electron chi connectivity index (χ0n) is 15.9. The number of rotatable bonds is 5. The van der Waals surface area contributed by atoms with Gasteiger partial charge in [-0.25, -0.2) is 0 Å². The highest BCUT2D eigenvalue weighted by Crippen LogP contribution is 2.22. The van der Waals surface area contributed by atoms with Gasteiger partial charge in [0.15, 0.2) is 5.76 Å². The standard InChI is InChI=1S/C22H24N2O3.ClH/c1-23-18-7-4-12-24(14-18)22(25)21-11-10-20(27-21)15-26-19-9-8-16-5-2-3-6-17(16)13-19;/h2-3,5-6,8-11,13,18,23H,4,7,12,14-15H2,1H3;1H. The maximum atomic E-state index is 12.7. The number of halogens is 1. The van der Waals surface area contributed by atoms with E-state index in [0.29, 0.717) is 24.2 Å². The van der Waals surface area contributed by atoms with Crippen LogP contribution in [0.3, 0.4) is 0 Å². The monoisotopic (exact) mass is 400 g/mol. The Balaban J connectivity index is 0.00000225. The quantitative estimate of drug-likeness (QED) is 0.695. The zero-order chi connectivity index (χ0) is 18.6. The van der Waals surface area contributed by atoms with Crippen molar-refractivity contribution in [3.8, 4) is 5.75 Å². The van der Waals surface area contributed by atoms with E-state index in [0.717, 1.165) is 37.1 Å². The van der Waals surface area contributed by atoms with Crippen LogP contribution in [0.2, 0.25) is 0 Å². The number of carbonyl (C=O) groups excluding carboxylic acids is 1. The maximum Gasteiger partial charge on any atom is 0.289 e. The first-order valence-electron chi connectivity index (χ1n) is 9.40. The molecule has 0 radical (unpaired) electrons. The SMILES string of the molecule is CNC1CCCN(C(=O)c2ccc(COc3ccc4ccccc4c3)o2)C1.Cl. The van der Waals surface area contributed by atoms with Crippen LogP contribution < -0.4 is 10.1 Å². The van der Waals surface area contributed by atoms with Gasteiger partial charge in [0.1, 0.15) is 18.1 Å². The lowest BCUT2D eigenvalue weighted by Crippen LogP contribution is -2.46. The van der Waals surface area contributed by atoms with E-state index in [-0.39, 0.29) is 18.3 Å². The average Bonchev–Trinajstić information content (AvgIpc) is 3.20. The van der Waals surface area contributed by atoms with E-state index in [1.165, 1.54) is 5.39 Å². The summed E-state index contributed by atoms with van der Waals surface area (Å²) in [6.45, 7) is 1.80. The highest BCUT2D eigenvalue weighted by molar-refractivity contribution is 5.91. The second kappa shape index (κ2) is 9.13. The molecule has 1 saturated heterocycles. The van der Waals surface area contributed by atoms with Gasteiger partial charge in [-0.1, -0.05) is 30.3 Å². The number of hydrogen-bond donors (Lipinski definition) is 1. The fourth-order valence-corrected chi connectivity index (χ4v) is 3.54. The Kier molecular flexibility index (Phi) is 6.60. The van der Waals surface area contributed by atoms with Crippen molar-refractivity contribution in [3.05, 3.63) is 66.1 Å². The third kappa shape index (κ3) is 4.49. The molecule has 1 N–H and O–H groups in total. The molecule has 1 atom stereocenters. The van der Waals surface area contributed by atoms with Gasteiger partial charge < -0.3 is 19.4 Å². The number of likely N-dealkylation sites (tertiary alicyclic amines) is 1. The average molecular weight is 401 g/mol. The van der Waals surface area contributed by atoms with Crippen molar-refractivity contribution in [2.45, 2.75) is 25.5 Å². The van der Waals surface area contributed by atoms with Crippen LogP contribution in [0.4, 0.5) is 0 Å². The molecule has 1 unspecified atom stereocenters. The molecule has 1 fully saturated rings. The van der Waals surface area contributed by atoms with E-state index in [1.54, 1.807) is 6.07 Å². The van der Waals surface area contributed by atoms with E-state index in [2.05, 4.69) is 17.4 Å². The summed E-state index contributed by atoms with van der Waals surface area (Å²) in [4.78, 5) is 14.5. The van der Waals surface area contributed by atoms with Crippen LogP contribution in [0.5, 0.6) is 5.75 Å². The molecular weight excluding hydrogens is 376 g/mol. The number of hydrogen-bond acceptors (Lipinski definition) is 4. The number of carbonyl (C=O) groups is 1. The molecule has 2 heterocycles. The summed E-state index contributed by atoms with van der Waals surface area (Å²) in [5.74, 6) is 1.76. The molecule has 5 nitrogen and oxygen atoms in total. The molecule has 0 bridgehead atoms. The molecule has 6 heteroatoms. The van der Waals surface area contributed by atoms with Crippen molar-refractivity contribution in [2.24, 2.45) is 0 Å². The van der Waals surface area contributed by atoms with E-state index in [4.69, 9.17) is 9.15 Å². The van der Waals surface area contributed by atoms with Crippen molar-refractivity contribution in [2.75, 3.05) is 20.1 Å². The summed E-state index contributed by atoms with van der Waals surface area (Å²) in [6, 6.07) is 18.1. The van der Waals surface area contributed by atoms with Gasteiger partial charge in [-0.2, -0.15) is 0 Å². The van der Waals surface area contributed by atoms with E-state index >= 15 is 0 Å². The second-order valence-electron chi connectivity index (χ2n) is 6.94. The van der Waals surface area contributed by atoms with Gasteiger partial charge in [0.05, 0.1) is 0 Å². The molecule has 1 aliphatic rings. The number of ether oxygens (including phenoxy) is 1. The minimum absolute atomic E-state index is 0. The van der Waals surface area contributed by atoms with Gasteiger partial charge in [0.25, 0.3) is 5.91 Å². The Morgan fingerprint density at radius 2 is 2.00 bits per heavy atom. The first-order valence-corrected chi connectivity index (χ1v) is 9.40. The summed E-state index contributed by atoms with van der Waals surface area (Å²) in [6.07, 6.45) is 2.11. The molecule has 1 amide bonds. The number of piperidine rings is 1. The largest absolute Gasteiger partial charge is 0.486 e. The topological polar surface area (TPSA) is 54.7 Å². The summed E-state index contributed by atoms with van der Waals surface area (Å²) >= 11 is 0. The van der Waals surface area contributed by atoms with Crippen molar-refractivity contribution < 1.29 is 13.9 Å². The Morgan fingerprint density at radius 1 is 1.18 bits per heavy atom.